The second-order valence-electron chi connectivity index (χ2n) is 8.96. The standard InChI is InChI=1S/C23H17FN2O3S3/c24-9-3-5-10(6-4-9)26-21(27)15-11-8-12(16(15)22(26)28)18-14(11)17(13-2-1-7-29-13)19-20(31-18)25-23(30)32-19/h1-7,11-12,14-18H,8H2,(H,25,30). The van der Waals surface area contributed by atoms with Crippen molar-refractivity contribution >= 4 is 52.8 Å². The SMILES string of the molecule is O=C1C2C3CC(C2C(=O)N1c1ccc(F)cc1)C1C(c2ccco2)c2sc(=S)[nH]c2SC31. The number of H-pyrrole nitrogens is 1. The van der Waals surface area contributed by atoms with Crippen molar-refractivity contribution in [2.45, 2.75) is 22.6 Å². The summed E-state index contributed by atoms with van der Waals surface area (Å²) < 4.78 is 20.0. The number of nitrogens with zero attached hydrogens (tertiary/aromatic N) is 1. The van der Waals surface area contributed by atoms with E-state index in [2.05, 4.69) is 4.98 Å². The molecule has 1 aromatic carbocycles. The number of carbonyl (C=O) groups is 2. The highest BCUT2D eigenvalue weighted by molar-refractivity contribution is 8.00. The molecular weight excluding hydrogens is 467 g/mol. The second-order valence-corrected chi connectivity index (χ2v) is 11.9. The van der Waals surface area contributed by atoms with Crippen LogP contribution in [0.5, 0.6) is 0 Å². The molecule has 0 radical (unpaired) electrons. The lowest BCUT2D eigenvalue weighted by Gasteiger charge is -2.42. The van der Waals surface area contributed by atoms with Crippen LogP contribution < -0.4 is 4.90 Å². The monoisotopic (exact) mass is 484 g/mol. The first-order valence-corrected chi connectivity index (χ1v) is 12.7. The molecule has 5 nitrogen and oxygen atoms in total. The number of halogens is 1. The summed E-state index contributed by atoms with van der Waals surface area (Å²) in [5, 5.41) is 1.29. The number of benzene rings is 1. The fraction of sp³-hybridized carbons (Fsp3) is 0.348. The van der Waals surface area contributed by atoms with E-state index >= 15 is 0 Å². The molecule has 0 spiro atoms. The highest BCUT2D eigenvalue weighted by Gasteiger charge is 2.70. The van der Waals surface area contributed by atoms with Crippen molar-refractivity contribution in [2.75, 3.05) is 4.90 Å². The van der Waals surface area contributed by atoms with Crippen LogP contribution >= 0.6 is 35.3 Å². The lowest BCUT2D eigenvalue weighted by molar-refractivity contribution is -0.123. The topological polar surface area (TPSA) is 66.3 Å². The Balaban J connectivity index is 1.32. The molecule has 2 bridgehead atoms. The third kappa shape index (κ3) is 2.42. The molecule has 7 rings (SSSR count). The molecule has 7 atom stereocenters. The fourth-order valence-electron chi connectivity index (χ4n) is 6.65. The van der Waals surface area contributed by atoms with Crippen molar-refractivity contribution in [3.8, 4) is 0 Å². The predicted octanol–water partition coefficient (Wildman–Crippen LogP) is 5.22. The Bertz CT molecular complexity index is 1310. The van der Waals surface area contributed by atoms with E-state index in [0.29, 0.717) is 5.69 Å². The van der Waals surface area contributed by atoms with Crippen LogP contribution in [0.2, 0.25) is 0 Å². The molecule has 1 N–H and O–H groups in total. The van der Waals surface area contributed by atoms with Crippen molar-refractivity contribution in [3.05, 3.63) is 63.1 Å². The van der Waals surface area contributed by atoms with Gasteiger partial charge in [-0.2, -0.15) is 0 Å². The molecule has 7 unspecified atom stereocenters. The van der Waals surface area contributed by atoms with Crippen LogP contribution in [0.25, 0.3) is 0 Å². The highest BCUT2D eigenvalue weighted by Crippen LogP contribution is 2.68. The van der Waals surface area contributed by atoms with E-state index in [-0.39, 0.29) is 58.4 Å². The van der Waals surface area contributed by atoms with Gasteiger partial charge in [0.15, 0.2) is 3.95 Å². The molecular formula is C23H17FN2O3S3. The van der Waals surface area contributed by atoms with E-state index in [4.69, 9.17) is 16.6 Å². The summed E-state index contributed by atoms with van der Waals surface area (Å²) in [6.07, 6.45) is 2.56. The smallest absolute Gasteiger partial charge is 0.238 e. The molecule has 4 aliphatic rings. The van der Waals surface area contributed by atoms with Gasteiger partial charge in [0.1, 0.15) is 11.6 Å². The lowest BCUT2D eigenvalue weighted by atomic mass is 9.69. The van der Waals surface area contributed by atoms with Crippen molar-refractivity contribution < 1.29 is 18.4 Å². The number of aromatic nitrogens is 1. The van der Waals surface area contributed by atoms with Crippen molar-refractivity contribution in [3.63, 3.8) is 0 Å². The predicted molar refractivity (Wildman–Crippen MR) is 121 cm³/mol. The number of nitrogens with one attached hydrogen (secondary N) is 1. The Morgan fingerprint density at radius 1 is 1.09 bits per heavy atom. The zero-order valence-corrected chi connectivity index (χ0v) is 19.0. The quantitative estimate of drug-likeness (QED) is 0.399. The average Bonchev–Trinajstić information content (AvgIpc) is 3.57. The number of rotatable bonds is 2. The number of carbonyl (C=O) groups excluding carboxylic acids is 2. The molecule has 2 amide bonds. The van der Waals surface area contributed by atoms with E-state index in [9.17, 15) is 14.0 Å². The largest absolute Gasteiger partial charge is 0.469 e. The van der Waals surface area contributed by atoms with Crippen LogP contribution in [0.4, 0.5) is 10.1 Å². The summed E-state index contributed by atoms with van der Waals surface area (Å²) in [5.41, 5.74) is 0.455. The van der Waals surface area contributed by atoms with Crippen LogP contribution in [0.1, 0.15) is 23.0 Å². The number of fused-ring (bicyclic) bond motifs is 9. The maximum Gasteiger partial charge on any atom is 0.238 e. The first kappa shape index (κ1) is 19.3. The van der Waals surface area contributed by atoms with Crippen LogP contribution in [0.15, 0.2) is 52.1 Å². The van der Waals surface area contributed by atoms with Crippen LogP contribution in [-0.2, 0) is 9.59 Å². The van der Waals surface area contributed by atoms with Gasteiger partial charge < -0.3 is 9.40 Å². The minimum Gasteiger partial charge on any atom is -0.469 e. The number of hydrogen-bond donors (Lipinski definition) is 1. The minimum atomic E-state index is -0.389. The first-order valence-electron chi connectivity index (χ1n) is 10.6. The number of thioether (sulfide) groups is 1. The summed E-state index contributed by atoms with van der Waals surface area (Å²) in [6.45, 7) is 0. The summed E-state index contributed by atoms with van der Waals surface area (Å²) >= 11 is 8.80. The fourth-order valence-corrected chi connectivity index (χ4v) is 9.96. The van der Waals surface area contributed by atoms with E-state index in [0.717, 1.165) is 21.2 Å². The van der Waals surface area contributed by atoms with Gasteiger partial charge in [-0.05, 0) is 72.8 Å². The molecule has 4 heterocycles. The Labute approximate surface area is 196 Å². The van der Waals surface area contributed by atoms with Gasteiger partial charge in [-0.25, -0.2) is 4.39 Å². The minimum absolute atomic E-state index is 0.0305. The second kappa shape index (κ2) is 6.65. The molecule has 162 valence electrons. The molecule has 2 aromatic heterocycles. The number of imide groups is 1. The van der Waals surface area contributed by atoms with Gasteiger partial charge in [-0.15, -0.1) is 23.1 Å². The van der Waals surface area contributed by atoms with E-state index in [1.807, 2.05) is 12.1 Å². The summed E-state index contributed by atoms with van der Waals surface area (Å²) in [6, 6.07) is 9.51. The van der Waals surface area contributed by atoms with E-state index in [1.165, 1.54) is 34.0 Å². The molecule has 3 fully saturated rings. The number of thiazole rings is 1. The molecule has 32 heavy (non-hydrogen) atoms. The number of furan rings is 1. The molecule has 2 aliphatic heterocycles. The maximum absolute atomic E-state index is 13.6. The van der Waals surface area contributed by atoms with Gasteiger partial charge in [0.25, 0.3) is 0 Å². The zero-order valence-electron chi connectivity index (χ0n) is 16.6. The van der Waals surface area contributed by atoms with Gasteiger partial charge in [-0.1, -0.05) is 0 Å². The van der Waals surface area contributed by atoms with Gasteiger partial charge in [0.05, 0.1) is 34.7 Å². The van der Waals surface area contributed by atoms with E-state index in [1.54, 1.807) is 29.4 Å². The third-order valence-corrected chi connectivity index (χ3v) is 10.6. The van der Waals surface area contributed by atoms with Crippen molar-refractivity contribution in [1.82, 2.24) is 4.98 Å². The zero-order chi connectivity index (χ0) is 21.7. The van der Waals surface area contributed by atoms with Gasteiger partial charge in [0.2, 0.25) is 11.8 Å². The Hall–Kier alpha value is -2.23. The Morgan fingerprint density at radius 2 is 1.84 bits per heavy atom. The molecule has 2 saturated carbocycles. The number of anilines is 1. The third-order valence-electron chi connectivity index (χ3n) is 7.66. The molecule has 3 aromatic rings. The lowest BCUT2D eigenvalue weighted by Crippen LogP contribution is -2.42. The molecule has 9 heteroatoms. The summed E-state index contributed by atoms with van der Waals surface area (Å²) in [5.74, 6) is 0.0299. The summed E-state index contributed by atoms with van der Waals surface area (Å²) in [7, 11) is 0. The van der Waals surface area contributed by atoms with Gasteiger partial charge in [-0.3, -0.25) is 14.5 Å². The molecule has 1 saturated heterocycles. The average molecular weight is 485 g/mol. The number of hydrogen-bond acceptors (Lipinski definition) is 6. The Morgan fingerprint density at radius 3 is 2.56 bits per heavy atom. The maximum atomic E-state index is 13.6. The highest BCUT2D eigenvalue weighted by atomic mass is 32.2. The normalized spacial score (nSPS) is 34.7. The van der Waals surface area contributed by atoms with Crippen molar-refractivity contribution in [2.24, 2.45) is 29.6 Å². The van der Waals surface area contributed by atoms with Crippen LogP contribution in [-0.4, -0.2) is 22.0 Å². The van der Waals surface area contributed by atoms with Crippen molar-refractivity contribution in [1.29, 1.82) is 0 Å². The van der Waals surface area contributed by atoms with Crippen LogP contribution in [0, 0.1) is 39.4 Å². The van der Waals surface area contributed by atoms with Gasteiger partial charge >= 0.3 is 0 Å². The Kier molecular flexibility index (Phi) is 4.00. The summed E-state index contributed by atoms with van der Waals surface area (Å²) in [4.78, 5) is 32.8. The number of amides is 2. The van der Waals surface area contributed by atoms with Gasteiger partial charge in [0, 0.05) is 10.1 Å². The van der Waals surface area contributed by atoms with E-state index < -0.39 is 0 Å². The van der Waals surface area contributed by atoms with Crippen LogP contribution in [0.3, 0.4) is 0 Å². The molecule has 2 aliphatic carbocycles. The first-order chi connectivity index (χ1) is 15.5. The number of aromatic amines is 1.